The number of halogens is 2. The minimum absolute atomic E-state index is 0.0318. The number of carbonyl (C=O) groups is 1. The van der Waals surface area contributed by atoms with Crippen LogP contribution in [0.4, 0.5) is 0 Å². The number of carbonyl (C=O) groups excluding carboxylic acids is 1. The molecule has 0 heterocycles. The minimum atomic E-state index is -0.0318. The van der Waals surface area contributed by atoms with Crippen molar-refractivity contribution in [3.8, 4) is 0 Å². The maximum Gasteiger partial charge on any atom is 0.251 e. The molecule has 2 nitrogen and oxygen atoms in total. The average Bonchev–Trinajstić information content (AvgIpc) is 2.39. The van der Waals surface area contributed by atoms with Crippen LogP contribution < -0.4 is 5.32 Å². The van der Waals surface area contributed by atoms with Crippen LogP contribution in [0, 0.1) is 12.8 Å². The van der Waals surface area contributed by atoms with E-state index in [0.717, 1.165) is 36.7 Å². The molecule has 1 N–H and O–H groups in total. The lowest BCUT2D eigenvalue weighted by Crippen LogP contribution is -2.30. The Hall–Kier alpha value is -0.540. The smallest absolute Gasteiger partial charge is 0.251 e. The maximum absolute atomic E-state index is 12.1. The summed E-state index contributed by atoms with van der Waals surface area (Å²) in [5.41, 5.74) is 1.62. The number of rotatable bonds is 7. The Labute approximate surface area is 129 Å². The topological polar surface area (TPSA) is 29.1 Å². The van der Waals surface area contributed by atoms with E-state index in [1.165, 1.54) is 0 Å². The third-order valence-corrected chi connectivity index (χ3v) is 3.90. The quantitative estimate of drug-likeness (QED) is 0.719. The fourth-order valence-corrected chi connectivity index (χ4v) is 2.90. The van der Waals surface area contributed by atoms with Crippen LogP contribution in [0.25, 0.3) is 0 Å². The van der Waals surface area contributed by atoms with Crippen molar-refractivity contribution in [1.82, 2.24) is 5.32 Å². The van der Waals surface area contributed by atoms with Crippen LogP contribution in [-0.2, 0) is 0 Å². The van der Waals surface area contributed by atoms with Gasteiger partial charge in [0.1, 0.15) is 0 Å². The molecule has 1 unspecified atom stereocenters. The number of nitrogens with one attached hydrogen (secondary N) is 1. The molecule has 0 spiro atoms. The highest BCUT2D eigenvalue weighted by molar-refractivity contribution is 9.09. The average molecular weight is 347 g/mol. The number of alkyl halides is 1. The summed E-state index contributed by atoms with van der Waals surface area (Å²) in [4.78, 5) is 12.1. The van der Waals surface area contributed by atoms with Crippen LogP contribution in [0.1, 0.15) is 42.1 Å². The number of aryl methyl sites for hydroxylation is 1. The van der Waals surface area contributed by atoms with Gasteiger partial charge in [0.05, 0.1) is 0 Å². The molecule has 1 rings (SSSR count). The van der Waals surface area contributed by atoms with Gasteiger partial charge >= 0.3 is 0 Å². The van der Waals surface area contributed by atoms with E-state index in [-0.39, 0.29) is 5.91 Å². The first-order valence-electron chi connectivity index (χ1n) is 6.68. The third-order valence-electron chi connectivity index (χ3n) is 3.21. The zero-order chi connectivity index (χ0) is 14.3. The van der Waals surface area contributed by atoms with Gasteiger partial charge in [-0.3, -0.25) is 4.79 Å². The zero-order valence-corrected chi connectivity index (χ0v) is 13.9. The van der Waals surface area contributed by atoms with Gasteiger partial charge in [0.2, 0.25) is 0 Å². The van der Waals surface area contributed by atoms with E-state index in [9.17, 15) is 4.79 Å². The van der Waals surface area contributed by atoms with Crippen LogP contribution in [0.3, 0.4) is 0 Å². The van der Waals surface area contributed by atoms with E-state index in [4.69, 9.17) is 11.6 Å². The van der Waals surface area contributed by atoms with Crippen molar-refractivity contribution in [2.24, 2.45) is 5.92 Å². The summed E-state index contributed by atoms with van der Waals surface area (Å²) in [5, 5.41) is 4.59. The minimum Gasteiger partial charge on any atom is -0.352 e. The summed E-state index contributed by atoms with van der Waals surface area (Å²) in [5.74, 6) is 0.503. The van der Waals surface area contributed by atoms with Crippen LogP contribution >= 0.6 is 27.5 Å². The monoisotopic (exact) mass is 345 g/mol. The summed E-state index contributed by atoms with van der Waals surface area (Å²) in [7, 11) is 0. The molecule has 0 saturated heterocycles. The lowest BCUT2D eigenvalue weighted by molar-refractivity contribution is 0.0945. The van der Waals surface area contributed by atoms with Gasteiger partial charge in [-0.25, -0.2) is 0 Å². The Morgan fingerprint density at radius 2 is 2.16 bits per heavy atom. The van der Waals surface area contributed by atoms with E-state index in [0.29, 0.717) is 16.5 Å². The molecule has 19 heavy (non-hydrogen) atoms. The Balaban J connectivity index is 2.61. The zero-order valence-electron chi connectivity index (χ0n) is 11.5. The third kappa shape index (κ3) is 5.53. The highest BCUT2D eigenvalue weighted by Gasteiger charge is 2.12. The predicted octanol–water partition coefficient (Wildman–Crippen LogP) is 4.58. The van der Waals surface area contributed by atoms with E-state index in [1.807, 2.05) is 13.0 Å². The van der Waals surface area contributed by atoms with Gasteiger partial charge in [-0.1, -0.05) is 46.9 Å². The molecule has 0 aromatic heterocycles. The molecule has 0 saturated carbocycles. The largest absolute Gasteiger partial charge is 0.352 e. The normalized spacial score (nSPS) is 12.2. The van der Waals surface area contributed by atoms with Gasteiger partial charge in [0, 0.05) is 22.5 Å². The van der Waals surface area contributed by atoms with Crippen molar-refractivity contribution in [1.29, 1.82) is 0 Å². The summed E-state index contributed by atoms with van der Waals surface area (Å²) in [6, 6.07) is 5.41. The molecule has 0 aliphatic heterocycles. The van der Waals surface area contributed by atoms with E-state index in [1.54, 1.807) is 12.1 Å². The fourth-order valence-electron chi connectivity index (χ4n) is 2.08. The number of benzene rings is 1. The van der Waals surface area contributed by atoms with E-state index in [2.05, 4.69) is 28.2 Å². The van der Waals surface area contributed by atoms with Crippen molar-refractivity contribution in [2.45, 2.75) is 33.1 Å². The molecule has 1 amide bonds. The van der Waals surface area contributed by atoms with Gasteiger partial charge < -0.3 is 5.32 Å². The highest BCUT2D eigenvalue weighted by Crippen LogP contribution is 2.16. The Morgan fingerprint density at radius 3 is 2.79 bits per heavy atom. The first kappa shape index (κ1) is 16.5. The molecule has 0 aliphatic rings. The molecule has 0 aliphatic carbocycles. The summed E-state index contributed by atoms with van der Waals surface area (Å²) in [6.07, 6.45) is 3.37. The first-order valence-corrected chi connectivity index (χ1v) is 8.18. The van der Waals surface area contributed by atoms with Gasteiger partial charge in [-0.15, -0.1) is 0 Å². The van der Waals surface area contributed by atoms with Gasteiger partial charge in [-0.2, -0.15) is 0 Å². The second-order valence-electron chi connectivity index (χ2n) is 4.80. The Morgan fingerprint density at radius 1 is 1.42 bits per heavy atom. The number of hydrogen-bond donors (Lipinski definition) is 1. The number of amides is 1. The van der Waals surface area contributed by atoms with Crippen molar-refractivity contribution in [3.05, 3.63) is 34.3 Å². The molecule has 1 atom stereocenters. The van der Waals surface area contributed by atoms with Gasteiger partial charge in [-0.05, 0) is 43.4 Å². The van der Waals surface area contributed by atoms with Crippen molar-refractivity contribution in [3.63, 3.8) is 0 Å². The van der Waals surface area contributed by atoms with E-state index >= 15 is 0 Å². The molecule has 0 radical (unpaired) electrons. The number of hydrogen-bond acceptors (Lipinski definition) is 1. The summed E-state index contributed by atoms with van der Waals surface area (Å²) < 4.78 is 0. The SMILES string of the molecule is CCCC(CCBr)CNC(=O)c1cc(Cl)ccc1C. The standard InChI is InChI=1S/C15H21BrClNO/c1-3-4-12(7-8-16)10-18-15(19)14-9-13(17)6-5-11(14)2/h5-6,9,12H,3-4,7-8,10H2,1-2H3,(H,18,19). The lowest BCUT2D eigenvalue weighted by Gasteiger charge is -2.16. The van der Waals surface area contributed by atoms with Gasteiger partial charge in [0.25, 0.3) is 5.91 Å². The predicted molar refractivity (Wildman–Crippen MR) is 85.3 cm³/mol. The molecular formula is C15H21BrClNO. The van der Waals surface area contributed by atoms with Crippen LogP contribution in [0.5, 0.6) is 0 Å². The molecule has 106 valence electrons. The highest BCUT2D eigenvalue weighted by atomic mass is 79.9. The van der Waals surface area contributed by atoms with Crippen LogP contribution in [0.15, 0.2) is 18.2 Å². The Kier molecular flexibility index (Phi) is 7.47. The fraction of sp³-hybridized carbons (Fsp3) is 0.533. The first-order chi connectivity index (χ1) is 9.08. The second kappa shape index (κ2) is 8.60. The van der Waals surface area contributed by atoms with E-state index < -0.39 is 0 Å². The molecule has 1 aromatic rings. The Bertz CT molecular complexity index is 417. The molecular weight excluding hydrogens is 326 g/mol. The van der Waals surface area contributed by atoms with Crippen molar-refractivity contribution >= 4 is 33.4 Å². The maximum atomic E-state index is 12.1. The van der Waals surface area contributed by atoms with Crippen LogP contribution in [-0.4, -0.2) is 17.8 Å². The molecule has 1 aromatic carbocycles. The second-order valence-corrected chi connectivity index (χ2v) is 6.03. The van der Waals surface area contributed by atoms with Gasteiger partial charge in [0.15, 0.2) is 0 Å². The van der Waals surface area contributed by atoms with Crippen molar-refractivity contribution in [2.75, 3.05) is 11.9 Å². The molecule has 0 fully saturated rings. The summed E-state index contributed by atoms with van der Waals surface area (Å²) in [6.45, 7) is 4.82. The molecule has 0 bridgehead atoms. The molecule has 4 heteroatoms. The van der Waals surface area contributed by atoms with Crippen LogP contribution in [0.2, 0.25) is 5.02 Å². The van der Waals surface area contributed by atoms with Crippen molar-refractivity contribution < 1.29 is 4.79 Å². The lowest BCUT2D eigenvalue weighted by atomic mass is 10.0. The summed E-state index contributed by atoms with van der Waals surface area (Å²) >= 11 is 9.40.